The Labute approximate surface area is 266 Å². The molecule has 5 rings (SSSR count). The van der Waals surface area contributed by atoms with E-state index in [4.69, 9.17) is 9.47 Å². The van der Waals surface area contributed by atoms with E-state index in [1.807, 2.05) is 92.8 Å². The molecule has 1 heterocycles. The van der Waals surface area contributed by atoms with E-state index < -0.39 is 22.4 Å². The minimum atomic E-state index is -3.63. The van der Waals surface area contributed by atoms with E-state index in [-0.39, 0.29) is 42.2 Å². The fraction of sp³-hybridized carbons (Fsp3) is 0.333. The Kier molecular flexibility index (Phi) is 10.8. The number of aliphatic hydroxyl groups is 2. The van der Waals surface area contributed by atoms with Crippen molar-refractivity contribution in [3.8, 4) is 0 Å². The molecule has 0 amide bonds. The lowest BCUT2D eigenvalue weighted by Crippen LogP contribution is -2.46. The Morgan fingerprint density at radius 1 is 0.822 bits per heavy atom. The van der Waals surface area contributed by atoms with Crippen LogP contribution in [0, 0.1) is 5.92 Å². The van der Waals surface area contributed by atoms with E-state index in [1.165, 1.54) is 0 Å². The molecule has 0 aromatic heterocycles. The summed E-state index contributed by atoms with van der Waals surface area (Å²) < 4.78 is 41.2. The highest BCUT2D eigenvalue weighted by molar-refractivity contribution is 7.89. The van der Waals surface area contributed by atoms with Crippen LogP contribution in [0.25, 0.3) is 0 Å². The molecule has 8 nitrogen and oxygen atoms in total. The topological polar surface area (TPSA) is 108 Å². The lowest BCUT2D eigenvalue weighted by molar-refractivity contribution is -0.276. The number of nitrogens with one attached hydrogen (secondary N) is 1. The van der Waals surface area contributed by atoms with Gasteiger partial charge in [-0.1, -0.05) is 104 Å². The van der Waals surface area contributed by atoms with Gasteiger partial charge in [0.05, 0.1) is 29.8 Å². The average Bonchev–Trinajstić information content (AvgIpc) is 3.08. The summed E-state index contributed by atoms with van der Waals surface area (Å²) >= 11 is 0. The monoisotopic (exact) mass is 630 g/mol. The van der Waals surface area contributed by atoms with Gasteiger partial charge in [0.2, 0.25) is 10.0 Å². The number of hydrogen-bond acceptors (Lipinski definition) is 7. The summed E-state index contributed by atoms with van der Waals surface area (Å²) in [5.74, 6) is -0.0172. The molecule has 0 aliphatic carbocycles. The van der Waals surface area contributed by atoms with Crippen molar-refractivity contribution in [2.45, 2.75) is 62.5 Å². The molecular formula is C36H42N2O6S. The molecule has 4 aromatic rings. The van der Waals surface area contributed by atoms with Gasteiger partial charge < -0.3 is 19.7 Å². The zero-order chi connectivity index (χ0) is 32.0. The third-order valence-electron chi connectivity index (χ3n) is 8.66. The van der Waals surface area contributed by atoms with Crippen LogP contribution < -0.4 is 4.72 Å². The molecular weight excluding hydrogens is 588 g/mol. The third-order valence-corrected chi connectivity index (χ3v) is 10.1. The molecule has 1 aliphatic rings. The largest absolute Gasteiger partial charge is 0.392 e. The van der Waals surface area contributed by atoms with Gasteiger partial charge in [-0.3, -0.25) is 4.90 Å². The molecule has 0 saturated carbocycles. The summed E-state index contributed by atoms with van der Waals surface area (Å²) in [6.07, 6.45) is -1.82. The number of benzene rings is 4. The lowest BCUT2D eigenvalue weighted by Gasteiger charge is -2.43. The average molecular weight is 631 g/mol. The number of sulfonamides is 1. The van der Waals surface area contributed by atoms with Gasteiger partial charge in [0.15, 0.2) is 6.29 Å². The standard InChI is InChI=1S/C36H42N2O6S/c1-25-33(23-38(3)26(2)34(40)29-10-6-4-7-11-29)43-36(44-35(25)30-18-16-28(24-39)17-19-30)31-20-14-27(15-21-31)22-37-45(41,42)32-12-8-5-9-13-32/h4-21,25-26,33-37,39-40H,22-24H2,1-3H3. The molecule has 6 unspecified atom stereocenters. The van der Waals surface area contributed by atoms with Gasteiger partial charge >= 0.3 is 0 Å². The van der Waals surface area contributed by atoms with Crippen LogP contribution in [0.2, 0.25) is 0 Å². The maximum absolute atomic E-state index is 12.7. The van der Waals surface area contributed by atoms with Crippen molar-refractivity contribution in [1.29, 1.82) is 0 Å². The molecule has 1 fully saturated rings. The van der Waals surface area contributed by atoms with Crippen LogP contribution in [0.4, 0.5) is 0 Å². The molecule has 45 heavy (non-hydrogen) atoms. The van der Waals surface area contributed by atoms with Crippen molar-refractivity contribution in [3.63, 3.8) is 0 Å². The summed E-state index contributed by atoms with van der Waals surface area (Å²) in [5.41, 5.74) is 4.30. The molecule has 6 atom stereocenters. The van der Waals surface area contributed by atoms with Gasteiger partial charge in [0.25, 0.3) is 0 Å². The van der Waals surface area contributed by atoms with Crippen LogP contribution in [0.3, 0.4) is 0 Å². The molecule has 1 aliphatic heterocycles. The predicted molar refractivity (Wildman–Crippen MR) is 173 cm³/mol. The van der Waals surface area contributed by atoms with Gasteiger partial charge in [0.1, 0.15) is 0 Å². The minimum Gasteiger partial charge on any atom is -0.392 e. The van der Waals surface area contributed by atoms with E-state index in [0.717, 1.165) is 27.8 Å². The molecule has 238 valence electrons. The number of ether oxygens (including phenoxy) is 2. The van der Waals surface area contributed by atoms with Crippen LogP contribution >= 0.6 is 0 Å². The van der Waals surface area contributed by atoms with Crippen molar-refractivity contribution >= 4 is 10.0 Å². The first-order valence-corrected chi connectivity index (χ1v) is 16.7. The van der Waals surface area contributed by atoms with Crippen molar-refractivity contribution in [2.24, 2.45) is 5.92 Å². The van der Waals surface area contributed by atoms with Crippen molar-refractivity contribution < 1.29 is 28.1 Å². The second-order valence-corrected chi connectivity index (χ2v) is 13.5. The Bertz CT molecular complexity index is 1600. The van der Waals surface area contributed by atoms with Crippen LogP contribution in [0.5, 0.6) is 0 Å². The van der Waals surface area contributed by atoms with Gasteiger partial charge in [-0.25, -0.2) is 13.1 Å². The van der Waals surface area contributed by atoms with Crippen LogP contribution in [0.15, 0.2) is 114 Å². The summed E-state index contributed by atoms with van der Waals surface area (Å²) in [7, 11) is -1.63. The zero-order valence-corrected chi connectivity index (χ0v) is 26.7. The first-order valence-electron chi connectivity index (χ1n) is 15.2. The summed E-state index contributed by atoms with van der Waals surface area (Å²) in [5, 5.41) is 20.6. The Morgan fingerprint density at radius 3 is 2.02 bits per heavy atom. The summed E-state index contributed by atoms with van der Waals surface area (Å²) in [6, 6.07) is 33.1. The second-order valence-electron chi connectivity index (χ2n) is 11.7. The lowest BCUT2D eigenvalue weighted by atomic mass is 9.89. The predicted octanol–water partition coefficient (Wildman–Crippen LogP) is 5.50. The Hall–Kier alpha value is -3.41. The SMILES string of the molecule is CC1C(CN(C)C(C)C(O)c2ccccc2)OC(c2ccc(CNS(=O)(=O)c3ccccc3)cc2)OC1c1ccc(CO)cc1. The van der Waals surface area contributed by atoms with Crippen LogP contribution in [0.1, 0.15) is 60.2 Å². The smallest absolute Gasteiger partial charge is 0.240 e. The van der Waals surface area contributed by atoms with Crippen molar-refractivity contribution in [3.05, 3.63) is 137 Å². The molecule has 3 N–H and O–H groups in total. The Balaban J connectivity index is 1.33. The maximum atomic E-state index is 12.7. The van der Waals surface area contributed by atoms with Crippen LogP contribution in [-0.2, 0) is 32.6 Å². The first kappa shape index (κ1) is 33.0. The van der Waals surface area contributed by atoms with Gasteiger partial charge in [-0.15, -0.1) is 0 Å². The maximum Gasteiger partial charge on any atom is 0.240 e. The molecule has 1 saturated heterocycles. The highest BCUT2D eigenvalue weighted by Crippen LogP contribution is 2.42. The fourth-order valence-corrected chi connectivity index (χ4v) is 6.64. The highest BCUT2D eigenvalue weighted by Gasteiger charge is 2.39. The minimum absolute atomic E-state index is 0.0172. The van der Waals surface area contributed by atoms with E-state index in [1.54, 1.807) is 30.3 Å². The van der Waals surface area contributed by atoms with E-state index >= 15 is 0 Å². The van der Waals surface area contributed by atoms with E-state index in [0.29, 0.717) is 6.54 Å². The van der Waals surface area contributed by atoms with Crippen LogP contribution in [-0.4, -0.2) is 49.3 Å². The molecule has 0 bridgehead atoms. The summed E-state index contributed by atoms with van der Waals surface area (Å²) in [6.45, 7) is 4.80. The van der Waals surface area contributed by atoms with E-state index in [2.05, 4.69) is 16.5 Å². The van der Waals surface area contributed by atoms with Crippen molar-refractivity contribution in [1.82, 2.24) is 9.62 Å². The normalized spacial score (nSPS) is 21.8. The highest BCUT2D eigenvalue weighted by atomic mass is 32.2. The number of rotatable bonds is 12. The first-order chi connectivity index (χ1) is 21.7. The van der Waals surface area contributed by atoms with E-state index in [9.17, 15) is 18.6 Å². The number of likely N-dealkylation sites (N-methyl/N-ethyl adjacent to an activating group) is 1. The van der Waals surface area contributed by atoms with Gasteiger partial charge in [-0.2, -0.15) is 0 Å². The van der Waals surface area contributed by atoms with Crippen molar-refractivity contribution in [2.75, 3.05) is 13.6 Å². The molecule has 4 aromatic carbocycles. The quantitative estimate of drug-likeness (QED) is 0.190. The number of hydrogen-bond donors (Lipinski definition) is 3. The molecule has 0 spiro atoms. The second kappa shape index (κ2) is 14.8. The number of aliphatic hydroxyl groups excluding tert-OH is 2. The molecule has 0 radical (unpaired) electrons. The Morgan fingerprint density at radius 2 is 1.40 bits per heavy atom. The van der Waals surface area contributed by atoms with Gasteiger partial charge in [-0.05, 0) is 48.4 Å². The summed E-state index contributed by atoms with van der Waals surface area (Å²) in [4.78, 5) is 2.34. The zero-order valence-electron chi connectivity index (χ0n) is 25.9. The van der Waals surface area contributed by atoms with Gasteiger partial charge in [0, 0.05) is 30.6 Å². The third kappa shape index (κ3) is 8.06. The fourth-order valence-electron chi connectivity index (χ4n) is 5.60. The molecule has 9 heteroatoms. The number of nitrogens with zero attached hydrogens (tertiary/aromatic N) is 1.